The van der Waals surface area contributed by atoms with Crippen LogP contribution in [0.4, 0.5) is 0 Å². The van der Waals surface area contributed by atoms with Crippen LogP contribution < -0.4 is 0 Å². The molecule has 1 aliphatic heterocycles. The summed E-state index contributed by atoms with van der Waals surface area (Å²) in [6.07, 6.45) is 0.406. The van der Waals surface area contributed by atoms with Crippen LogP contribution in [0.25, 0.3) is 0 Å². The fourth-order valence-corrected chi connectivity index (χ4v) is 2.93. The fraction of sp³-hybridized carbons (Fsp3) is 0.500. The summed E-state index contributed by atoms with van der Waals surface area (Å²) in [4.78, 5) is 22.8. The smallest absolute Gasteiger partial charge is 0.227 e. The van der Waals surface area contributed by atoms with E-state index in [4.69, 9.17) is 11.6 Å². The number of piperazine rings is 1. The molecule has 1 aromatic carbocycles. The van der Waals surface area contributed by atoms with Crippen molar-refractivity contribution in [1.82, 2.24) is 14.7 Å². The second kappa shape index (κ2) is 9.32. The lowest BCUT2D eigenvalue weighted by Gasteiger charge is -2.38. The van der Waals surface area contributed by atoms with E-state index in [1.807, 2.05) is 48.2 Å². The number of rotatable bonds is 2. The molecule has 0 bridgehead atoms. The molecule has 0 unspecified atom stereocenters. The fourth-order valence-electron chi connectivity index (χ4n) is 2.71. The zero-order chi connectivity index (χ0) is 16.1. The highest BCUT2D eigenvalue weighted by Gasteiger charge is 2.23. The Bertz CT molecular complexity index is 557. The molecule has 5 nitrogen and oxygen atoms in total. The molecule has 128 valence electrons. The molecule has 1 aliphatic rings. The van der Waals surface area contributed by atoms with Gasteiger partial charge in [0, 0.05) is 52.3 Å². The van der Waals surface area contributed by atoms with E-state index in [2.05, 4.69) is 9.89 Å². The van der Waals surface area contributed by atoms with Crippen molar-refractivity contribution in [3.8, 4) is 0 Å². The molecule has 23 heavy (non-hydrogen) atoms. The summed E-state index contributed by atoms with van der Waals surface area (Å²) in [5.41, 5.74) is 0.962. The third kappa shape index (κ3) is 5.53. The highest BCUT2D eigenvalue weighted by molar-refractivity contribution is 14.0. The number of nitrogens with zero attached hydrogens (tertiary/aromatic N) is 4. The van der Waals surface area contributed by atoms with Crippen molar-refractivity contribution >= 4 is 47.4 Å². The van der Waals surface area contributed by atoms with Crippen LogP contribution in [0, 0.1) is 0 Å². The Labute approximate surface area is 160 Å². The summed E-state index contributed by atoms with van der Waals surface area (Å²) in [7, 11) is 5.77. The van der Waals surface area contributed by atoms with Gasteiger partial charge in [-0.25, -0.2) is 0 Å². The summed E-state index contributed by atoms with van der Waals surface area (Å²) in [6.45, 7) is 3.08. The van der Waals surface area contributed by atoms with Gasteiger partial charge in [-0.15, -0.1) is 24.0 Å². The number of guanidine groups is 1. The Morgan fingerprint density at radius 1 is 1.22 bits per heavy atom. The van der Waals surface area contributed by atoms with E-state index >= 15 is 0 Å². The van der Waals surface area contributed by atoms with Crippen LogP contribution in [-0.2, 0) is 11.2 Å². The molecule has 1 heterocycles. The highest BCUT2D eigenvalue weighted by atomic mass is 127. The lowest BCUT2D eigenvalue weighted by atomic mass is 10.1. The molecule has 0 saturated carbocycles. The summed E-state index contributed by atoms with van der Waals surface area (Å²) in [5, 5.41) is 0.671. The van der Waals surface area contributed by atoms with Gasteiger partial charge in [-0.05, 0) is 17.7 Å². The van der Waals surface area contributed by atoms with Gasteiger partial charge in [0.1, 0.15) is 0 Å². The third-order valence-corrected chi connectivity index (χ3v) is 3.99. The predicted molar refractivity (Wildman–Crippen MR) is 106 cm³/mol. The lowest BCUT2D eigenvalue weighted by Crippen LogP contribution is -2.53. The van der Waals surface area contributed by atoms with Crippen LogP contribution in [0.1, 0.15) is 5.56 Å². The first-order chi connectivity index (χ1) is 10.5. The van der Waals surface area contributed by atoms with E-state index in [9.17, 15) is 4.79 Å². The van der Waals surface area contributed by atoms with Crippen molar-refractivity contribution in [3.63, 3.8) is 0 Å². The van der Waals surface area contributed by atoms with E-state index in [0.29, 0.717) is 11.4 Å². The molecule has 2 rings (SSSR count). The molecular formula is C16H24ClIN4O. The van der Waals surface area contributed by atoms with Gasteiger partial charge in [0.15, 0.2) is 5.96 Å². The van der Waals surface area contributed by atoms with Crippen LogP contribution in [0.3, 0.4) is 0 Å². The molecule has 0 aromatic heterocycles. The summed E-state index contributed by atoms with van der Waals surface area (Å²) >= 11 is 5.96. The van der Waals surface area contributed by atoms with Gasteiger partial charge >= 0.3 is 0 Å². The number of carbonyl (C=O) groups excluding carboxylic acids is 1. The summed E-state index contributed by atoms with van der Waals surface area (Å²) < 4.78 is 0. The summed E-state index contributed by atoms with van der Waals surface area (Å²) in [5.74, 6) is 1.11. The van der Waals surface area contributed by atoms with Gasteiger partial charge in [-0.1, -0.05) is 23.7 Å². The van der Waals surface area contributed by atoms with Crippen molar-refractivity contribution < 1.29 is 4.79 Å². The van der Waals surface area contributed by atoms with Gasteiger partial charge in [0.25, 0.3) is 0 Å². The predicted octanol–water partition coefficient (Wildman–Crippen LogP) is 2.19. The van der Waals surface area contributed by atoms with E-state index in [1.54, 1.807) is 7.05 Å². The number of amides is 1. The molecule has 0 N–H and O–H groups in total. The topological polar surface area (TPSA) is 39.1 Å². The van der Waals surface area contributed by atoms with Crippen molar-refractivity contribution in [2.24, 2.45) is 4.99 Å². The Morgan fingerprint density at radius 2 is 1.83 bits per heavy atom. The van der Waals surface area contributed by atoms with Gasteiger partial charge in [-0.3, -0.25) is 9.79 Å². The minimum Gasteiger partial charge on any atom is -0.349 e. The molecule has 0 aliphatic carbocycles. The first kappa shape index (κ1) is 20.0. The largest absolute Gasteiger partial charge is 0.349 e. The number of carbonyl (C=O) groups is 1. The average Bonchev–Trinajstić information content (AvgIpc) is 2.48. The zero-order valence-corrected chi connectivity index (χ0v) is 16.9. The van der Waals surface area contributed by atoms with Gasteiger partial charge in [0.05, 0.1) is 6.42 Å². The zero-order valence-electron chi connectivity index (χ0n) is 13.8. The van der Waals surface area contributed by atoms with E-state index in [1.165, 1.54) is 0 Å². The maximum absolute atomic E-state index is 12.4. The molecule has 0 atom stereocenters. The van der Waals surface area contributed by atoms with Gasteiger partial charge in [0.2, 0.25) is 5.91 Å². The van der Waals surface area contributed by atoms with Crippen molar-refractivity contribution in [1.29, 1.82) is 0 Å². The van der Waals surface area contributed by atoms with E-state index in [-0.39, 0.29) is 29.9 Å². The standard InChI is InChI=1S/C16H23ClN4O.HI/c1-18-16(19(2)3)21-9-7-20(8-10-21)15(22)12-13-5-4-6-14(17)11-13;/h4-6,11H,7-10,12H2,1-3H3;1H. The van der Waals surface area contributed by atoms with Crippen LogP contribution in [0.5, 0.6) is 0 Å². The molecule has 1 fully saturated rings. The lowest BCUT2D eigenvalue weighted by molar-refractivity contribution is -0.131. The van der Waals surface area contributed by atoms with Gasteiger partial charge in [-0.2, -0.15) is 0 Å². The van der Waals surface area contributed by atoms with Crippen molar-refractivity contribution in [3.05, 3.63) is 34.9 Å². The Kier molecular flexibility index (Phi) is 8.11. The molecule has 1 saturated heterocycles. The average molecular weight is 451 g/mol. The Morgan fingerprint density at radius 3 is 2.35 bits per heavy atom. The monoisotopic (exact) mass is 450 g/mol. The van der Waals surface area contributed by atoms with Crippen LogP contribution in [-0.4, -0.2) is 73.9 Å². The number of hydrogen-bond acceptors (Lipinski definition) is 2. The SMILES string of the molecule is CN=C(N(C)C)N1CCN(C(=O)Cc2cccc(Cl)c2)CC1.I. The quantitative estimate of drug-likeness (QED) is 0.394. The maximum atomic E-state index is 12.4. The molecule has 1 amide bonds. The molecule has 0 radical (unpaired) electrons. The van der Waals surface area contributed by atoms with E-state index < -0.39 is 0 Å². The van der Waals surface area contributed by atoms with Crippen LogP contribution in [0.2, 0.25) is 5.02 Å². The molecular weight excluding hydrogens is 427 g/mol. The minimum absolute atomic E-state index is 0. The van der Waals surface area contributed by atoms with Crippen LogP contribution in [0.15, 0.2) is 29.3 Å². The number of halogens is 2. The Balaban J connectivity index is 0.00000264. The van der Waals surface area contributed by atoms with Gasteiger partial charge < -0.3 is 14.7 Å². The van der Waals surface area contributed by atoms with Crippen molar-refractivity contribution in [2.75, 3.05) is 47.3 Å². The molecule has 0 spiro atoms. The minimum atomic E-state index is 0. The van der Waals surface area contributed by atoms with Crippen LogP contribution >= 0.6 is 35.6 Å². The summed E-state index contributed by atoms with van der Waals surface area (Å²) in [6, 6.07) is 7.49. The number of benzene rings is 1. The number of aliphatic imine (C=N–C) groups is 1. The van der Waals surface area contributed by atoms with Crippen molar-refractivity contribution in [2.45, 2.75) is 6.42 Å². The third-order valence-electron chi connectivity index (χ3n) is 3.76. The Hall–Kier alpha value is -1.02. The first-order valence-corrected chi connectivity index (χ1v) is 7.80. The normalized spacial score (nSPS) is 15.2. The highest BCUT2D eigenvalue weighted by Crippen LogP contribution is 2.13. The van der Waals surface area contributed by atoms with E-state index in [0.717, 1.165) is 37.7 Å². The molecule has 7 heteroatoms. The second-order valence-electron chi connectivity index (χ2n) is 5.59. The second-order valence-corrected chi connectivity index (χ2v) is 6.03. The maximum Gasteiger partial charge on any atom is 0.227 e. The molecule has 1 aromatic rings. The number of hydrogen-bond donors (Lipinski definition) is 0. The first-order valence-electron chi connectivity index (χ1n) is 7.42.